The second-order valence-corrected chi connectivity index (χ2v) is 7.20. The summed E-state index contributed by atoms with van der Waals surface area (Å²) < 4.78 is 74.6. The lowest BCUT2D eigenvalue weighted by Gasteiger charge is -2.32. The molecule has 0 spiro atoms. The maximum Gasteiger partial charge on any atom is 0.393 e. The van der Waals surface area contributed by atoms with Crippen LogP contribution in [-0.4, -0.2) is 38.8 Å². The summed E-state index contributed by atoms with van der Waals surface area (Å²) in [7, 11) is -3.98. The van der Waals surface area contributed by atoms with E-state index in [2.05, 4.69) is 0 Å². The molecule has 2 aliphatic rings. The topological polar surface area (TPSA) is 55.8 Å². The van der Waals surface area contributed by atoms with Crippen LogP contribution >= 0.6 is 0 Å². The van der Waals surface area contributed by atoms with E-state index in [1.165, 1.54) is 18.2 Å². The van der Waals surface area contributed by atoms with Crippen molar-refractivity contribution in [3.05, 3.63) is 18.2 Å². The van der Waals surface area contributed by atoms with E-state index in [1.807, 2.05) is 0 Å². The van der Waals surface area contributed by atoms with Gasteiger partial charge in [0.15, 0.2) is 11.5 Å². The van der Waals surface area contributed by atoms with E-state index >= 15 is 0 Å². The first-order valence-electron chi connectivity index (χ1n) is 6.75. The highest BCUT2D eigenvalue weighted by Gasteiger charge is 2.44. The maximum atomic E-state index is 12.8. The summed E-state index contributed by atoms with van der Waals surface area (Å²) >= 11 is 0. The van der Waals surface area contributed by atoms with Gasteiger partial charge in [0.05, 0.1) is 10.8 Å². The molecule has 0 N–H and O–H groups in total. The number of rotatable bonds is 2. The predicted octanol–water partition coefficient (Wildman–Crippen LogP) is 2.38. The van der Waals surface area contributed by atoms with Gasteiger partial charge in [-0.15, -0.1) is 0 Å². The lowest BCUT2D eigenvalue weighted by atomic mass is 9.99. The molecule has 22 heavy (non-hydrogen) atoms. The Bertz CT molecular complexity index is 674. The largest absolute Gasteiger partial charge is 0.454 e. The van der Waals surface area contributed by atoms with Gasteiger partial charge in [-0.05, 0) is 25.0 Å². The summed E-state index contributed by atoms with van der Waals surface area (Å²) in [6.07, 6.45) is -4.24. The monoisotopic (exact) mass is 337 g/mol. The van der Waals surface area contributed by atoms with Gasteiger partial charge < -0.3 is 9.47 Å². The van der Waals surface area contributed by atoms with Crippen molar-refractivity contribution in [2.75, 3.05) is 19.9 Å². The van der Waals surface area contributed by atoms with Gasteiger partial charge in [-0.3, -0.25) is 0 Å². The fourth-order valence-electron chi connectivity index (χ4n) is 2.61. The Morgan fingerprint density at radius 3 is 2.64 bits per heavy atom. The Labute approximate surface area is 125 Å². The maximum absolute atomic E-state index is 12.8. The molecule has 1 aromatic carbocycles. The molecule has 0 aliphatic carbocycles. The number of nitrogens with zero attached hydrogens (tertiary/aromatic N) is 1. The van der Waals surface area contributed by atoms with Crippen LogP contribution in [0.2, 0.25) is 0 Å². The molecule has 1 aromatic rings. The van der Waals surface area contributed by atoms with E-state index in [0.717, 1.165) is 4.31 Å². The Kier molecular flexibility index (Phi) is 3.72. The van der Waals surface area contributed by atoms with E-state index in [1.54, 1.807) is 0 Å². The smallest absolute Gasteiger partial charge is 0.393 e. The van der Waals surface area contributed by atoms with Gasteiger partial charge in [-0.1, -0.05) is 0 Å². The zero-order chi connectivity index (χ0) is 16.0. The van der Waals surface area contributed by atoms with E-state index in [0.29, 0.717) is 5.75 Å². The van der Waals surface area contributed by atoms with Crippen LogP contribution in [0, 0.1) is 5.92 Å². The first-order valence-corrected chi connectivity index (χ1v) is 8.19. The highest BCUT2D eigenvalue weighted by molar-refractivity contribution is 7.89. The van der Waals surface area contributed by atoms with Crippen LogP contribution in [0.5, 0.6) is 11.5 Å². The third-order valence-electron chi connectivity index (χ3n) is 3.83. The molecular formula is C13H14F3NO4S. The second-order valence-electron chi connectivity index (χ2n) is 5.26. The summed E-state index contributed by atoms with van der Waals surface area (Å²) in [5.41, 5.74) is 0. The van der Waals surface area contributed by atoms with Crippen molar-refractivity contribution in [1.29, 1.82) is 0 Å². The molecule has 5 nitrogen and oxygen atoms in total. The minimum Gasteiger partial charge on any atom is -0.454 e. The summed E-state index contributed by atoms with van der Waals surface area (Å²) in [6.45, 7) is -0.456. The Balaban J connectivity index is 1.86. The highest BCUT2D eigenvalue weighted by Crippen LogP contribution is 2.37. The molecule has 1 atom stereocenters. The van der Waals surface area contributed by atoms with Crippen molar-refractivity contribution in [1.82, 2.24) is 4.31 Å². The number of sulfonamides is 1. The lowest BCUT2D eigenvalue weighted by molar-refractivity contribution is -0.182. The van der Waals surface area contributed by atoms with Crippen LogP contribution in [-0.2, 0) is 10.0 Å². The van der Waals surface area contributed by atoms with Gasteiger partial charge in [-0.25, -0.2) is 8.42 Å². The summed E-state index contributed by atoms with van der Waals surface area (Å²) in [5.74, 6) is -0.916. The molecule has 9 heteroatoms. The van der Waals surface area contributed by atoms with E-state index < -0.39 is 28.7 Å². The molecule has 122 valence electrons. The second kappa shape index (κ2) is 5.31. The molecule has 2 aliphatic heterocycles. The fraction of sp³-hybridized carbons (Fsp3) is 0.538. The molecule has 3 rings (SSSR count). The van der Waals surface area contributed by atoms with Crippen molar-refractivity contribution in [3.63, 3.8) is 0 Å². The summed E-state index contributed by atoms with van der Waals surface area (Å²) in [6, 6.07) is 4.05. The number of hydrogen-bond donors (Lipinski definition) is 0. The third-order valence-corrected chi connectivity index (χ3v) is 5.69. The standard InChI is InChI=1S/C13H14F3NO4S/c14-13(15,16)9-2-1-5-17(7-9)22(18,19)10-3-4-11-12(6-10)21-8-20-11/h3-4,6,9H,1-2,5,7-8H2/t9-/m0/s1. The van der Waals surface area contributed by atoms with Crippen molar-refractivity contribution in [3.8, 4) is 11.5 Å². The third kappa shape index (κ3) is 2.74. The van der Waals surface area contributed by atoms with Gasteiger partial charge in [-0.2, -0.15) is 17.5 Å². The number of hydrogen-bond acceptors (Lipinski definition) is 4. The average Bonchev–Trinajstić information content (AvgIpc) is 2.94. The number of ether oxygens (including phenoxy) is 2. The van der Waals surface area contributed by atoms with Crippen molar-refractivity contribution >= 4 is 10.0 Å². The van der Waals surface area contributed by atoms with Crippen LogP contribution in [0.25, 0.3) is 0 Å². The highest BCUT2D eigenvalue weighted by atomic mass is 32.2. The predicted molar refractivity (Wildman–Crippen MR) is 70.1 cm³/mol. The van der Waals surface area contributed by atoms with Gasteiger partial charge in [0.25, 0.3) is 0 Å². The van der Waals surface area contributed by atoms with Crippen molar-refractivity contribution < 1.29 is 31.1 Å². The quantitative estimate of drug-likeness (QED) is 0.831. The lowest BCUT2D eigenvalue weighted by Crippen LogP contribution is -2.44. The minimum absolute atomic E-state index is 0.00129. The molecule has 0 bridgehead atoms. The van der Waals surface area contributed by atoms with Gasteiger partial charge in [0, 0.05) is 19.2 Å². The van der Waals surface area contributed by atoms with Gasteiger partial charge in [0.1, 0.15) is 0 Å². The normalized spacial score (nSPS) is 22.8. The Morgan fingerprint density at radius 2 is 1.91 bits per heavy atom. The molecule has 2 heterocycles. The molecular weight excluding hydrogens is 323 g/mol. The van der Waals surface area contributed by atoms with E-state index in [4.69, 9.17) is 9.47 Å². The minimum atomic E-state index is -4.39. The molecule has 0 saturated carbocycles. The van der Waals surface area contributed by atoms with Crippen molar-refractivity contribution in [2.45, 2.75) is 23.9 Å². The first-order chi connectivity index (χ1) is 10.3. The Hall–Kier alpha value is -1.48. The molecule has 0 aromatic heterocycles. The Morgan fingerprint density at radius 1 is 1.18 bits per heavy atom. The van der Waals surface area contributed by atoms with Gasteiger partial charge >= 0.3 is 6.18 Å². The summed E-state index contributed by atoms with van der Waals surface area (Å²) in [5, 5.41) is 0. The zero-order valence-electron chi connectivity index (χ0n) is 11.5. The van der Waals surface area contributed by atoms with Crippen LogP contribution in [0.4, 0.5) is 13.2 Å². The molecule has 1 fully saturated rings. The van der Waals surface area contributed by atoms with Crippen molar-refractivity contribution in [2.24, 2.45) is 5.92 Å². The van der Waals surface area contributed by atoms with Crippen LogP contribution in [0.3, 0.4) is 0 Å². The van der Waals surface area contributed by atoms with Crippen LogP contribution < -0.4 is 9.47 Å². The molecule has 0 amide bonds. The average molecular weight is 337 g/mol. The number of fused-ring (bicyclic) bond motifs is 1. The van der Waals surface area contributed by atoms with Crippen LogP contribution in [0.15, 0.2) is 23.1 Å². The first kappa shape index (κ1) is 15.4. The fourth-order valence-corrected chi connectivity index (χ4v) is 4.15. The van der Waals surface area contributed by atoms with Crippen LogP contribution in [0.1, 0.15) is 12.8 Å². The molecule has 0 radical (unpaired) electrons. The SMILES string of the molecule is O=S(=O)(c1ccc2c(c1)OCO2)N1CCC[C@H](C(F)(F)F)C1. The number of halogens is 3. The molecule has 1 saturated heterocycles. The van der Waals surface area contributed by atoms with E-state index in [-0.39, 0.29) is 36.8 Å². The summed E-state index contributed by atoms with van der Waals surface area (Å²) in [4.78, 5) is -0.0837. The number of piperidine rings is 1. The zero-order valence-corrected chi connectivity index (χ0v) is 12.3. The number of alkyl halides is 3. The van der Waals surface area contributed by atoms with E-state index in [9.17, 15) is 21.6 Å². The molecule has 0 unspecified atom stereocenters. The van der Waals surface area contributed by atoms with Gasteiger partial charge in [0.2, 0.25) is 16.8 Å². The number of benzene rings is 1.